The van der Waals surface area contributed by atoms with Crippen molar-refractivity contribution >= 4 is 44.0 Å². The number of benzene rings is 1. The minimum absolute atomic E-state index is 0.0704. The molecule has 5 aromatic rings. The lowest BCUT2D eigenvalue weighted by Gasteiger charge is -2.24. The van der Waals surface area contributed by atoms with Crippen molar-refractivity contribution in [1.82, 2.24) is 34.0 Å². The van der Waals surface area contributed by atoms with Gasteiger partial charge in [0.15, 0.2) is 4.21 Å². The van der Waals surface area contributed by atoms with Gasteiger partial charge in [-0.15, -0.1) is 11.3 Å². The topological polar surface area (TPSA) is 146 Å². The van der Waals surface area contributed by atoms with E-state index in [2.05, 4.69) is 37.8 Å². The number of hydrogen-bond donors (Lipinski definition) is 2. The largest absolute Gasteiger partial charge is 0.381 e. The molecule has 2 saturated heterocycles. The molecule has 14 heteroatoms. The summed E-state index contributed by atoms with van der Waals surface area (Å²) >= 11 is 1.01. The summed E-state index contributed by atoms with van der Waals surface area (Å²) in [7, 11) is -3.94. The van der Waals surface area contributed by atoms with E-state index < -0.39 is 10.0 Å². The van der Waals surface area contributed by atoms with Crippen LogP contribution in [0.1, 0.15) is 42.9 Å². The number of thiazole rings is 1. The number of piperidine rings is 1. The zero-order valence-electron chi connectivity index (χ0n) is 24.8. The van der Waals surface area contributed by atoms with Gasteiger partial charge in [-0.1, -0.05) is 12.1 Å². The van der Waals surface area contributed by atoms with Crippen molar-refractivity contribution in [1.29, 1.82) is 0 Å². The highest BCUT2D eigenvalue weighted by molar-refractivity contribution is 7.91. The van der Waals surface area contributed by atoms with Crippen LogP contribution in [0, 0.1) is 12.8 Å². The first-order valence-electron chi connectivity index (χ1n) is 15.1. The van der Waals surface area contributed by atoms with Gasteiger partial charge in [0, 0.05) is 49.1 Å². The number of pyridine rings is 1. The average Bonchev–Trinajstić information content (AvgIpc) is 3.75. The predicted octanol–water partition coefficient (Wildman–Crippen LogP) is 4.29. The smallest absolute Gasteiger partial charge is 0.294 e. The quantitative estimate of drug-likeness (QED) is 0.250. The van der Waals surface area contributed by atoms with Crippen molar-refractivity contribution < 1.29 is 13.2 Å². The minimum Gasteiger partial charge on any atom is -0.381 e. The molecule has 2 aliphatic heterocycles. The van der Waals surface area contributed by atoms with Crippen LogP contribution >= 0.6 is 11.3 Å². The van der Waals surface area contributed by atoms with Crippen molar-refractivity contribution in [2.45, 2.75) is 49.3 Å². The normalized spacial score (nSPS) is 17.9. The van der Waals surface area contributed by atoms with E-state index in [-0.39, 0.29) is 15.7 Å². The van der Waals surface area contributed by atoms with Crippen LogP contribution in [0.5, 0.6) is 0 Å². The van der Waals surface area contributed by atoms with Crippen LogP contribution in [0.2, 0.25) is 0 Å². The Bertz CT molecular complexity index is 1980. The first-order valence-corrected chi connectivity index (χ1v) is 17.5. The molecule has 6 heterocycles. The fourth-order valence-corrected chi connectivity index (χ4v) is 8.16. The number of aryl methyl sites for hydroxylation is 1. The Morgan fingerprint density at radius 3 is 2.67 bits per heavy atom. The van der Waals surface area contributed by atoms with Gasteiger partial charge in [0.05, 0.1) is 29.2 Å². The fourth-order valence-electron chi connectivity index (χ4n) is 6.12. The van der Waals surface area contributed by atoms with Gasteiger partial charge in [-0.2, -0.15) is 22.6 Å². The summed E-state index contributed by atoms with van der Waals surface area (Å²) in [5, 5.41) is 11.7. The number of nitrogens with zero attached hydrogens (tertiary/aromatic N) is 6. The highest BCUT2D eigenvalue weighted by Crippen LogP contribution is 2.29. The predicted molar refractivity (Wildman–Crippen MR) is 173 cm³/mol. The second-order valence-corrected chi connectivity index (χ2v) is 14.5. The molecule has 1 aromatic carbocycles. The van der Waals surface area contributed by atoms with Gasteiger partial charge in [0.1, 0.15) is 5.65 Å². The zero-order valence-corrected chi connectivity index (χ0v) is 26.5. The molecular formula is C31H34N8O4S2. The van der Waals surface area contributed by atoms with E-state index in [1.54, 1.807) is 23.8 Å². The molecule has 0 spiro atoms. The molecular weight excluding hydrogens is 613 g/mol. The third-order valence-corrected chi connectivity index (χ3v) is 11.4. The summed E-state index contributed by atoms with van der Waals surface area (Å²) in [5.74, 6) is 1.14. The standard InChI is InChI=1S/C31H34N8O4S2/c1-20-27(18-39(37-20)45(41,42)28-16-33-19-44-28)26-13-24-15-34-31(35-25-6-4-22(5-7-25)23-3-2-10-32-14-23)36-29(24)38(30(26)40)17-21-8-11-43-12-9-21/h4-7,13,15-16,18-19,21,23,32H,2-3,8-12,14,17H2,1H3,(H,34,35,36). The fraction of sp³-hybridized carbons (Fsp3) is 0.387. The maximum absolute atomic E-state index is 14.2. The summed E-state index contributed by atoms with van der Waals surface area (Å²) in [4.78, 5) is 27.5. The Morgan fingerprint density at radius 2 is 1.93 bits per heavy atom. The monoisotopic (exact) mass is 646 g/mol. The van der Waals surface area contributed by atoms with E-state index in [1.807, 2.05) is 12.1 Å². The van der Waals surface area contributed by atoms with Crippen molar-refractivity contribution in [2.75, 3.05) is 31.6 Å². The van der Waals surface area contributed by atoms with Crippen LogP contribution in [-0.2, 0) is 21.3 Å². The van der Waals surface area contributed by atoms with E-state index in [4.69, 9.17) is 9.72 Å². The molecule has 12 nitrogen and oxygen atoms in total. The Kier molecular flexibility index (Phi) is 8.21. The number of aromatic nitrogens is 6. The number of anilines is 2. The Labute approximate surface area is 264 Å². The maximum atomic E-state index is 14.2. The lowest BCUT2D eigenvalue weighted by molar-refractivity contribution is 0.0613. The van der Waals surface area contributed by atoms with Crippen LogP contribution in [0.3, 0.4) is 0 Å². The lowest BCUT2D eigenvalue weighted by atomic mass is 9.92. The van der Waals surface area contributed by atoms with Crippen LogP contribution in [-0.4, -0.2) is 63.4 Å². The van der Waals surface area contributed by atoms with Crippen LogP contribution < -0.4 is 16.2 Å². The van der Waals surface area contributed by atoms with Gasteiger partial charge in [0.25, 0.3) is 15.6 Å². The Balaban J connectivity index is 1.25. The maximum Gasteiger partial charge on any atom is 0.294 e. The third kappa shape index (κ3) is 6.02. The molecule has 2 N–H and O–H groups in total. The SMILES string of the molecule is Cc1nn(S(=O)(=O)c2cncs2)cc1-c1cc2cnc(Nc3ccc(C4CCCNC4)cc3)nc2n(CC2CCOCC2)c1=O. The Hall–Kier alpha value is -3.98. The molecule has 234 valence electrons. The van der Waals surface area contributed by atoms with Crippen molar-refractivity contribution in [2.24, 2.45) is 5.92 Å². The molecule has 7 rings (SSSR count). The van der Waals surface area contributed by atoms with E-state index in [9.17, 15) is 13.2 Å². The molecule has 2 fully saturated rings. The van der Waals surface area contributed by atoms with Crippen molar-refractivity contribution in [3.63, 3.8) is 0 Å². The summed E-state index contributed by atoms with van der Waals surface area (Å²) in [6, 6.07) is 10.1. The van der Waals surface area contributed by atoms with E-state index in [0.29, 0.717) is 59.5 Å². The third-order valence-electron chi connectivity index (χ3n) is 8.62. The molecule has 0 radical (unpaired) electrons. The number of fused-ring (bicyclic) bond motifs is 1. The van der Waals surface area contributed by atoms with Crippen LogP contribution in [0.25, 0.3) is 22.2 Å². The molecule has 4 aromatic heterocycles. The molecule has 0 aliphatic carbocycles. The molecule has 0 amide bonds. The van der Waals surface area contributed by atoms with Crippen LogP contribution in [0.15, 0.2) is 63.4 Å². The highest BCUT2D eigenvalue weighted by atomic mass is 32.2. The van der Waals surface area contributed by atoms with E-state index in [0.717, 1.165) is 47.0 Å². The van der Waals surface area contributed by atoms with E-state index in [1.165, 1.54) is 36.3 Å². The van der Waals surface area contributed by atoms with Gasteiger partial charge in [-0.25, -0.2) is 4.98 Å². The number of ether oxygens (including phenoxy) is 1. The number of hydrogen-bond acceptors (Lipinski definition) is 11. The van der Waals surface area contributed by atoms with Gasteiger partial charge in [0.2, 0.25) is 5.95 Å². The average molecular weight is 647 g/mol. The second-order valence-electron chi connectivity index (χ2n) is 11.6. The molecule has 0 bridgehead atoms. The molecule has 0 saturated carbocycles. The summed E-state index contributed by atoms with van der Waals surface area (Å²) in [5.41, 5.74) is 5.08. The van der Waals surface area contributed by atoms with Gasteiger partial charge >= 0.3 is 0 Å². The minimum atomic E-state index is -3.94. The zero-order chi connectivity index (χ0) is 31.0. The molecule has 45 heavy (non-hydrogen) atoms. The number of rotatable bonds is 8. The van der Waals surface area contributed by atoms with Crippen molar-refractivity contribution in [3.8, 4) is 11.1 Å². The lowest BCUT2D eigenvalue weighted by Crippen LogP contribution is -2.29. The summed E-state index contributed by atoms with van der Waals surface area (Å²) in [6.45, 7) is 5.52. The molecule has 1 atom stereocenters. The van der Waals surface area contributed by atoms with Crippen LogP contribution in [0.4, 0.5) is 11.6 Å². The first kappa shape index (κ1) is 29.7. The first-order chi connectivity index (χ1) is 21.9. The van der Waals surface area contributed by atoms with Crippen molar-refractivity contribution in [3.05, 3.63) is 76.0 Å². The van der Waals surface area contributed by atoms with Gasteiger partial charge in [-0.3, -0.25) is 14.3 Å². The number of nitrogens with one attached hydrogen (secondary N) is 2. The van der Waals surface area contributed by atoms with Gasteiger partial charge < -0.3 is 15.4 Å². The Morgan fingerprint density at radius 1 is 1.11 bits per heavy atom. The molecule has 2 aliphatic rings. The molecule has 1 unspecified atom stereocenters. The summed E-state index contributed by atoms with van der Waals surface area (Å²) in [6.07, 6.45) is 8.42. The second kappa shape index (κ2) is 12.4. The van der Waals surface area contributed by atoms with E-state index >= 15 is 0 Å². The summed E-state index contributed by atoms with van der Waals surface area (Å²) < 4.78 is 34.5. The highest BCUT2D eigenvalue weighted by Gasteiger charge is 2.25. The van der Waals surface area contributed by atoms with Gasteiger partial charge in [-0.05, 0) is 74.8 Å².